The molecular weight excluding hydrogens is 352 g/mol. The summed E-state index contributed by atoms with van der Waals surface area (Å²) in [7, 11) is 0. The van der Waals surface area contributed by atoms with E-state index in [2.05, 4.69) is 16.0 Å². The van der Waals surface area contributed by atoms with Crippen LogP contribution in [0.2, 0.25) is 0 Å². The summed E-state index contributed by atoms with van der Waals surface area (Å²) in [5.41, 5.74) is 10.1. The highest BCUT2D eigenvalue weighted by Gasteiger charge is 2.22. The molecule has 0 heterocycles. The number of amides is 5. The van der Waals surface area contributed by atoms with Gasteiger partial charge < -0.3 is 37.8 Å². The molecule has 0 aliphatic carbocycles. The topological polar surface area (TPSA) is 223 Å². The number of nitrogens with two attached hydrogens (primary N) is 2. The van der Waals surface area contributed by atoms with E-state index < -0.39 is 61.2 Å². The monoisotopic (exact) mass is 374 g/mol. The quantitative estimate of drug-likeness (QED) is 0.175. The third kappa shape index (κ3) is 11.3. The van der Waals surface area contributed by atoms with E-state index in [4.69, 9.17) is 16.6 Å². The van der Waals surface area contributed by atoms with E-state index in [9.17, 15) is 28.8 Å². The molecule has 1 atom stereocenters. The normalized spacial score (nSPS) is 11.0. The third-order valence-electron chi connectivity index (χ3n) is 2.82. The standard InChI is InChI=1S/C13H22N6O7/c14-3-9(21)16-5-11(23)19-7(1-2-8(15)20)13(26)18-4-10(22)17-6-12(24)25/h7H,1-6,14H2,(H2,15,20)(H,16,21)(H,17,22)(H,18,26)(H,19,23)(H,24,25)/t7-/m0/s1. The number of nitrogens with one attached hydrogen (secondary N) is 4. The molecule has 0 aromatic carbocycles. The van der Waals surface area contributed by atoms with Crippen LogP contribution in [0.1, 0.15) is 12.8 Å². The van der Waals surface area contributed by atoms with Gasteiger partial charge in [0.15, 0.2) is 0 Å². The van der Waals surface area contributed by atoms with E-state index in [1.807, 2.05) is 5.32 Å². The molecule has 13 nitrogen and oxygen atoms in total. The predicted molar refractivity (Wildman–Crippen MR) is 86.1 cm³/mol. The molecule has 9 N–H and O–H groups in total. The molecular formula is C13H22N6O7. The molecule has 0 aromatic rings. The van der Waals surface area contributed by atoms with E-state index in [1.54, 1.807) is 0 Å². The van der Waals surface area contributed by atoms with Crippen molar-refractivity contribution >= 4 is 35.5 Å². The minimum absolute atomic E-state index is 0.130. The molecule has 0 unspecified atom stereocenters. The van der Waals surface area contributed by atoms with Gasteiger partial charge in [0.2, 0.25) is 29.5 Å². The molecule has 0 fully saturated rings. The Balaban J connectivity index is 4.58. The lowest BCUT2D eigenvalue weighted by atomic mass is 10.1. The van der Waals surface area contributed by atoms with Crippen molar-refractivity contribution < 1.29 is 33.9 Å². The zero-order valence-corrected chi connectivity index (χ0v) is 13.9. The van der Waals surface area contributed by atoms with Gasteiger partial charge in [-0.3, -0.25) is 28.8 Å². The lowest BCUT2D eigenvalue weighted by molar-refractivity contribution is -0.138. The van der Waals surface area contributed by atoms with Gasteiger partial charge in [0, 0.05) is 6.42 Å². The van der Waals surface area contributed by atoms with Crippen molar-refractivity contribution in [2.24, 2.45) is 11.5 Å². The number of aliphatic carboxylic acids is 1. The van der Waals surface area contributed by atoms with Crippen molar-refractivity contribution in [3.63, 3.8) is 0 Å². The molecule has 0 aromatic heterocycles. The largest absolute Gasteiger partial charge is 0.480 e. The van der Waals surface area contributed by atoms with Crippen LogP contribution in [0.25, 0.3) is 0 Å². The second kappa shape index (κ2) is 12.2. The second-order valence-corrected chi connectivity index (χ2v) is 4.99. The van der Waals surface area contributed by atoms with Gasteiger partial charge in [0.25, 0.3) is 0 Å². The number of carbonyl (C=O) groups excluding carboxylic acids is 5. The van der Waals surface area contributed by atoms with E-state index >= 15 is 0 Å². The summed E-state index contributed by atoms with van der Waals surface area (Å²) < 4.78 is 0. The van der Waals surface area contributed by atoms with Crippen LogP contribution in [0.5, 0.6) is 0 Å². The maximum Gasteiger partial charge on any atom is 0.322 e. The van der Waals surface area contributed by atoms with Gasteiger partial charge in [0.1, 0.15) is 12.6 Å². The van der Waals surface area contributed by atoms with E-state index in [-0.39, 0.29) is 19.4 Å². The summed E-state index contributed by atoms with van der Waals surface area (Å²) >= 11 is 0. The van der Waals surface area contributed by atoms with Crippen molar-refractivity contribution in [1.29, 1.82) is 0 Å². The highest BCUT2D eigenvalue weighted by atomic mass is 16.4. The number of carboxylic acid groups (broad SMARTS) is 1. The van der Waals surface area contributed by atoms with Crippen LogP contribution in [0, 0.1) is 0 Å². The Morgan fingerprint density at radius 2 is 1.42 bits per heavy atom. The van der Waals surface area contributed by atoms with Crippen LogP contribution in [-0.4, -0.2) is 72.8 Å². The fourth-order valence-electron chi connectivity index (χ4n) is 1.58. The molecule has 0 saturated carbocycles. The molecule has 0 bridgehead atoms. The average Bonchev–Trinajstić information content (AvgIpc) is 2.58. The number of carbonyl (C=O) groups is 6. The van der Waals surface area contributed by atoms with Crippen molar-refractivity contribution in [2.45, 2.75) is 18.9 Å². The van der Waals surface area contributed by atoms with Crippen LogP contribution < -0.4 is 32.7 Å². The Labute approximate surface area is 148 Å². The molecule has 0 aliphatic heterocycles. The summed E-state index contributed by atoms with van der Waals surface area (Å²) in [5.74, 6) is -4.78. The van der Waals surface area contributed by atoms with E-state index in [1.165, 1.54) is 0 Å². The van der Waals surface area contributed by atoms with Crippen molar-refractivity contribution in [1.82, 2.24) is 21.3 Å². The molecule has 0 radical (unpaired) electrons. The average molecular weight is 374 g/mol. The third-order valence-corrected chi connectivity index (χ3v) is 2.82. The Kier molecular flexibility index (Phi) is 10.7. The summed E-state index contributed by atoms with van der Waals surface area (Å²) in [6, 6.07) is -1.18. The Hall–Kier alpha value is -3.22. The molecule has 5 amide bonds. The molecule has 146 valence electrons. The summed E-state index contributed by atoms with van der Waals surface area (Å²) in [4.78, 5) is 67.3. The molecule has 0 rings (SSSR count). The predicted octanol–water partition coefficient (Wildman–Crippen LogP) is -4.87. The van der Waals surface area contributed by atoms with E-state index in [0.29, 0.717) is 0 Å². The van der Waals surface area contributed by atoms with Gasteiger partial charge >= 0.3 is 5.97 Å². The highest BCUT2D eigenvalue weighted by Crippen LogP contribution is 1.97. The van der Waals surface area contributed by atoms with Gasteiger partial charge in [-0.25, -0.2) is 0 Å². The first kappa shape index (κ1) is 22.8. The Morgan fingerprint density at radius 1 is 0.846 bits per heavy atom. The van der Waals surface area contributed by atoms with Crippen LogP contribution in [0.4, 0.5) is 0 Å². The van der Waals surface area contributed by atoms with Gasteiger partial charge in [-0.05, 0) is 6.42 Å². The maximum absolute atomic E-state index is 12.0. The number of hydrogen-bond donors (Lipinski definition) is 7. The lowest BCUT2D eigenvalue weighted by Gasteiger charge is -2.18. The lowest BCUT2D eigenvalue weighted by Crippen LogP contribution is -2.51. The first-order valence-electron chi connectivity index (χ1n) is 7.46. The molecule has 0 saturated heterocycles. The SMILES string of the molecule is NCC(=O)NCC(=O)N[C@@H](CCC(N)=O)C(=O)NCC(=O)NCC(=O)O. The molecule has 13 heteroatoms. The Morgan fingerprint density at radius 3 is 1.96 bits per heavy atom. The van der Waals surface area contributed by atoms with Crippen molar-refractivity contribution in [3.8, 4) is 0 Å². The maximum atomic E-state index is 12.0. The number of hydrogen-bond acceptors (Lipinski definition) is 7. The Bertz CT molecular complexity index is 565. The van der Waals surface area contributed by atoms with Crippen molar-refractivity contribution in [3.05, 3.63) is 0 Å². The van der Waals surface area contributed by atoms with E-state index in [0.717, 1.165) is 0 Å². The van der Waals surface area contributed by atoms with Gasteiger partial charge in [-0.1, -0.05) is 0 Å². The summed E-state index contributed by atoms with van der Waals surface area (Å²) in [5, 5.41) is 17.1. The number of carboxylic acids is 1. The summed E-state index contributed by atoms with van der Waals surface area (Å²) in [6.07, 6.45) is -0.340. The van der Waals surface area contributed by atoms with Gasteiger partial charge in [0.05, 0.1) is 19.6 Å². The fraction of sp³-hybridized carbons (Fsp3) is 0.538. The van der Waals surface area contributed by atoms with Crippen LogP contribution in [-0.2, 0) is 28.8 Å². The molecule has 0 spiro atoms. The summed E-state index contributed by atoms with van der Waals surface area (Å²) in [6.45, 7) is -1.89. The highest BCUT2D eigenvalue weighted by molar-refractivity contribution is 5.92. The zero-order valence-electron chi connectivity index (χ0n) is 13.9. The van der Waals surface area contributed by atoms with Gasteiger partial charge in [-0.15, -0.1) is 0 Å². The smallest absolute Gasteiger partial charge is 0.322 e. The number of primary amides is 1. The van der Waals surface area contributed by atoms with Crippen molar-refractivity contribution in [2.75, 3.05) is 26.2 Å². The van der Waals surface area contributed by atoms with Gasteiger partial charge in [-0.2, -0.15) is 0 Å². The first-order chi connectivity index (χ1) is 12.1. The van der Waals surface area contributed by atoms with Crippen LogP contribution in [0.15, 0.2) is 0 Å². The first-order valence-corrected chi connectivity index (χ1v) is 7.46. The van der Waals surface area contributed by atoms with Crippen LogP contribution >= 0.6 is 0 Å². The zero-order chi connectivity index (χ0) is 20.1. The fourth-order valence-corrected chi connectivity index (χ4v) is 1.58. The minimum Gasteiger partial charge on any atom is -0.480 e. The minimum atomic E-state index is -1.25. The second-order valence-electron chi connectivity index (χ2n) is 4.99. The number of rotatable bonds is 12. The molecule has 26 heavy (non-hydrogen) atoms. The van der Waals surface area contributed by atoms with Crippen LogP contribution in [0.3, 0.4) is 0 Å². The molecule has 0 aliphatic rings.